The van der Waals surface area contributed by atoms with Crippen LogP contribution in [0.15, 0.2) is 40.7 Å². The molecule has 1 heterocycles. The Morgan fingerprint density at radius 1 is 1.00 bits per heavy atom. The smallest absolute Gasteiger partial charge is 0.257 e. The Balaban J connectivity index is 1.53. The maximum atomic E-state index is 12.4. The highest BCUT2D eigenvalue weighted by Crippen LogP contribution is 2.26. The summed E-state index contributed by atoms with van der Waals surface area (Å²) in [5.74, 6) is -0.244. The quantitative estimate of drug-likeness (QED) is 0.406. The molecule has 2 aromatic carbocycles. The zero-order valence-electron chi connectivity index (χ0n) is 16.1. The monoisotopic (exact) mass is 446 g/mol. The molecule has 0 saturated heterocycles. The number of aryl methyl sites for hydroxylation is 3. The fourth-order valence-corrected chi connectivity index (χ4v) is 4.09. The van der Waals surface area contributed by atoms with Gasteiger partial charge in [0.15, 0.2) is 4.34 Å². The highest BCUT2D eigenvalue weighted by molar-refractivity contribution is 8.01. The summed E-state index contributed by atoms with van der Waals surface area (Å²) in [5.41, 5.74) is 4.33. The predicted molar refractivity (Wildman–Crippen MR) is 119 cm³/mol. The van der Waals surface area contributed by atoms with Crippen LogP contribution in [-0.4, -0.2) is 27.8 Å². The number of anilines is 2. The molecular formula is C20H19ClN4O2S2. The minimum Gasteiger partial charge on any atom is -0.325 e. The molecule has 0 saturated carbocycles. The van der Waals surface area contributed by atoms with Crippen molar-refractivity contribution in [1.29, 1.82) is 0 Å². The third kappa shape index (κ3) is 5.79. The summed E-state index contributed by atoms with van der Waals surface area (Å²) < 4.78 is 0.595. The van der Waals surface area contributed by atoms with Crippen LogP contribution in [0.2, 0.25) is 5.02 Å². The third-order valence-corrected chi connectivity index (χ3v) is 6.56. The van der Waals surface area contributed by atoms with E-state index >= 15 is 0 Å². The number of amides is 2. The molecule has 6 nitrogen and oxygen atoms in total. The van der Waals surface area contributed by atoms with Gasteiger partial charge in [-0.25, -0.2) is 0 Å². The van der Waals surface area contributed by atoms with Crippen molar-refractivity contribution in [3.63, 3.8) is 0 Å². The molecule has 0 spiro atoms. The number of rotatable bonds is 6. The Morgan fingerprint density at radius 2 is 1.76 bits per heavy atom. The Bertz CT molecular complexity index is 1070. The summed E-state index contributed by atoms with van der Waals surface area (Å²) in [4.78, 5) is 24.5. The van der Waals surface area contributed by atoms with Crippen LogP contribution in [-0.2, 0) is 4.79 Å². The molecule has 2 N–H and O–H groups in total. The van der Waals surface area contributed by atoms with Crippen molar-refractivity contribution < 1.29 is 9.59 Å². The summed E-state index contributed by atoms with van der Waals surface area (Å²) in [6.45, 7) is 5.85. The average Bonchev–Trinajstić information content (AvgIpc) is 3.12. The van der Waals surface area contributed by atoms with Gasteiger partial charge in [-0.15, -0.1) is 10.2 Å². The molecule has 150 valence electrons. The summed E-state index contributed by atoms with van der Waals surface area (Å²) in [6.07, 6.45) is 0. The fourth-order valence-electron chi connectivity index (χ4n) is 2.37. The van der Waals surface area contributed by atoms with E-state index in [0.717, 1.165) is 16.7 Å². The van der Waals surface area contributed by atoms with Gasteiger partial charge in [0.1, 0.15) is 0 Å². The number of thioether (sulfide) groups is 1. The van der Waals surface area contributed by atoms with E-state index in [9.17, 15) is 9.59 Å². The van der Waals surface area contributed by atoms with Gasteiger partial charge in [0.25, 0.3) is 5.91 Å². The van der Waals surface area contributed by atoms with Crippen LogP contribution in [0.3, 0.4) is 0 Å². The average molecular weight is 447 g/mol. The van der Waals surface area contributed by atoms with Gasteiger partial charge < -0.3 is 5.32 Å². The maximum absolute atomic E-state index is 12.4. The Kier molecular flexibility index (Phi) is 6.89. The SMILES string of the molecule is Cc1ccc(C(=O)Nc2nnc(SCC(=O)Nc3ccc(C)c(Cl)c3)s2)cc1C. The van der Waals surface area contributed by atoms with E-state index in [1.807, 2.05) is 39.0 Å². The lowest BCUT2D eigenvalue weighted by Gasteiger charge is -2.06. The molecule has 1 aromatic heterocycles. The van der Waals surface area contributed by atoms with Crippen molar-refractivity contribution in [2.45, 2.75) is 25.1 Å². The molecule has 29 heavy (non-hydrogen) atoms. The first-order valence-corrected chi connectivity index (χ1v) is 10.9. The zero-order chi connectivity index (χ0) is 21.0. The molecule has 0 bridgehead atoms. The fraction of sp³-hybridized carbons (Fsp3) is 0.200. The highest BCUT2D eigenvalue weighted by Gasteiger charge is 2.13. The number of carbonyl (C=O) groups is 2. The van der Waals surface area contributed by atoms with Crippen molar-refractivity contribution in [2.24, 2.45) is 0 Å². The summed E-state index contributed by atoms with van der Waals surface area (Å²) in [5, 5.41) is 14.5. The lowest BCUT2D eigenvalue weighted by molar-refractivity contribution is -0.113. The number of nitrogens with zero attached hydrogens (tertiary/aromatic N) is 2. The van der Waals surface area contributed by atoms with Crippen LogP contribution >= 0.6 is 34.7 Å². The molecule has 0 aliphatic heterocycles. The number of benzene rings is 2. The molecule has 0 radical (unpaired) electrons. The van der Waals surface area contributed by atoms with Gasteiger partial charge in [0, 0.05) is 16.3 Å². The van der Waals surface area contributed by atoms with Gasteiger partial charge in [-0.05, 0) is 61.7 Å². The minimum atomic E-state index is -0.241. The first-order valence-electron chi connectivity index (χ1n) is 8.73. The summed E-state index contributed by atoms with van der Waals surface area (Å²) in [7, 11) is 0. The van der Waals surface area contributed by atoms with Crippen LogP contribution in [0.4, 0.5) is 10.8 Å². The maximum Gasteiger partial charge on any atom is 0.257 e. The van der Waals surface area contributed by atoms with Crippen LogP contribution in [0, 0.1) is 20.8 Å². The third-order valence-electron chi connectivity index (χ3n) is 4.18. The lowest BCUT2D eigenvalue weighted by atomic mass is 10.1. The molecule has 0 aliphatic rings. The molecule has 0 unspecified atom stereocenters. The van der Waals surface area contributed by atoms with E-state index < -0.39 is 0 Å². The highest BCUT2D eigenvalue weighted by atomic mass is 35.5. The molecule has 3 aromatic rings. The molecular weight excluding hydrogens is 428 g/mol. The Morgan fingerprint density at radius 3 is 2.48 bits per heavy atom. The predicted octanol–water partition coefficient (Wildman–Crippen LogP) is 5.10. The van der Waals surface area contributed by atoms with Gasteiger partial charge in [-0.2, -0.15) is 0 Å². The molecule has 0 aliphatic carbocycles. The van der Waals surface area contributed by atoms with E-state index in [0.29, 0.717) is 25.7 Å². The van der Waals surface area contributed by atoms with E-state index in [1.165, 1.54) is 23.1 Å². The molecule has 0 fully saturated rings. The molecule has 0 atom stereocenters. The summed E-state index contributed by atoms with van der Waals surface area (Å²) >= 11 is 8.54. The van der Waals surface area contributed by atoms with E-state index in [2.05, 4.69) is 20.8 Å². The number of hydrogen-bond acceptors (Lipinski definition) is 6. The first-order chi connectivity index (χ1) is 13.8. The Hall–Kier alpha value is -2.42. The molecule has 9 heteroatoms. The van der Waals surface area contributed by atoms with Gasteiger partial charge in [-0.1, -0.05) is 46.8 Å². The van der Waals surface area contributed by atoms with Crippen LogP contribution < -0.4 is 10.6 Å². The van der Waals surface area contributed by atoms with Crippen molar-refractivity contribution in [1.82, 2.24) is 10.2 Å². The largest absolute Gasteiger partial charge is 0.325 e. The number of aromatic nitrogens is 2. The van der Waals surface area contributed by atoms with Crippen LogP contribution in [0.5, 0.6) is 0 Å². The van der Waals surface area contributed by atoms with E-state index in [-0.39, 0.29) is 17.6 Å². The van der Waals surface area contributed by atoms with Crippen LogP contribution in [0.25, 0.3) is 0 Å². The molecule has 3 rings (SSSR count). The lowest BCUT2D eigenvalue weighted by Crippen LogP contribution is -2.13. The molecule has 2 amide bonds. The number of hydrogen-bond donors (Lipinski definition) is 2. The second-order valence-electron chi connectivity index (χ2n) is 6.43. The zero-order valence-corrected chi connectivity index (χ0v) is 18.5. The van der Waals surface area contributed by atoms with Crippen molar-refractivity contribution in [2.75, 3.05) is 16.4 Å². The number of nitrogens with one attached hydrogen (secondary N) is 2. The number of carbonyl (C=O) groups excluding carboxylic acids is 2. The normalized spacial score (nSPS) is 10.6. The summed E-state index contributed by atoms with van der Waals surface area (Å²) in [6, 6.07) is 10.9. The van der Waals surface area contributed by atoms with Crippen molar-refractivity contribution in [3.8, 4) is 0 Å². The van der Waals surface area contributed by atoms with Crippen molar-refractivity contribution >= 4 is 57.3 Å². The van der Waals surface area contributed by atoms with Gasteiger partial charge in [-0.3, -0.25) is 14.9 Å². The standard InChI is InChI=1S/C20H19ClN4O2S2/c1-11-4-6-14(8-13(11)3)18(27)23-19-24-25-20(29-19)28-10-17(26)22-15-7-5-12(2)16(21)9-15/h4-9H,10H2,1-3H3,(H,22,26)(H,23,24,27). The van der Waals surface area contributed by atoms with Gasteiger partial charge >= 0.3 is 0 Å². The van der Waals surface area contributed by atoms with E-state index in [4.69, 9.17) is 11.6 Å². The van der Waals surface area contributed by atoms with Gasteiger partial charge in [0.05, 0.1) is 5.75 Å². The second-order valence-corrected chi connectivity index (χ2v) is 9.03. The van der Waals surface area contributed by atoms with Crippen molar-refractivity contribution in [3.05, 3.63) is 63.7 Å². The number of halogens is 1. The van der Waals surface area contributed by atoms with Gasteiger partial charge in [0.2, 0.25) is 11.0 Å². The minimum absolute atomic E-state index is 0.172. The van der Waals surface area contributed by atoms with Crippen LogP contribution in [0.1, 0.15) is 27.0 Å². The topological polar surface area (TPSA) is 84.0 Å². The second kappa shape index (κ2) is 9.39. The first kappa shape index (κ1) is 21.3. The van der Waals surface area contributed by atoms with E-state index in [1.54, 1.807) is 18.2 Å². The Labute approximate surface area is 182 Å².